The molecule has 6 heteroatoms. The summed E-state index contributed by atoms with van der Waals surface area (Å²) < 4.78 is 39.2. The third-order valence-corrected chi connectivity index (χ3v) is 3.80. The second-order valence-electron chi connectivity index (χ2n) is 3.80. The first kappa shape index (κ1) is 13.2. The molecule has 98 valence electrons. The number of carbonyl (C=O) groups excluding carboxylic acids is 1. The molecule has 0 atom stereocenters. The third-order valence-electron chi connectivity index (χ3n) is 2.40. The van der Waals surface area contributed by atoms with Crippen LogP contribution in [0.15, 0.2) is 53.4 Å². The molecular formula is C13H10FNO3S. The highest BCUT2D eigenvalue weighted by Crippen LogP contribution is 2.17. The summed E-state index contributed by atoms with van der Waals surface area (Å²) in [6.45, 7) is 0. The predicted octanol–water partition coefficient (Wildman–Crippen LogP) is 2.44. The highest BCUT2D eigenvalue weighted by Gasteiger charge is 2.14. The summed E-state index contributed by atoms with van der Waals surface area (Å²) in [5.74, 6) is -0.531. The lowest BCUT2D eigenvalue weighted by molar-refractivity contribution is 0.112. The van der Waals surface area contributed by atoms with Crippen molar-refractivity contribution >= 4 is 22.0 Å². The molecule has 0 bridgehead atoms. The van der Waals surface area contributed by atoms with Crippen molar-refractivity contribution in [3.8, 4) is 0 Å². The van der Waals surface area contributed by atoms with Gasteiger partial charge in [-0.25, -0.2) is 12.8 Å². The van der Waals surface area contributed by atoms with Crippen molar-refractivity contribution in [3.63, 3.8) is 0 Å². The number of benzene rings is 2. The van der Waals surface area contributed by atoms with Crippen molar-refractivity contribution in [2.24, 2.45) is 0 Å². The van der Waals surface area contributed by atoms with E-state index in [0.29, 0.717) is 11.8 Å². The Bertz CT molecular complexity index is 696. The van der Waals surface area contributed by atoms with Crippen LogP contribution in [-0.2, 0) is 10.0 Å². The normalized spacial score (nSPS) is 11.0. The van der Waals surface area contributed by atoms with E-state index in [4.69, 9.17) is 0 Å². The van der Waals surface area contributed by atoms with Gasteiger partial charge in [0.1, 0.15) is 12.1 Å². The van der Waals surface area contributed by atoms with Crippen LogP contribution in [0.5, 0.6) is 0 Å². The molecule has 0 aliphatic carbocycles. The number of nitrogens with one attached hydrogen (secondary N) is 1. The molecule has 2 aromatic rings. The summed E-state index contributed by atoms with van der Waals surface area (Å²) >= 11 is 0. The Hall–Kier alpha value is -2.21. The van der Waals surface area contributed by atoms with E-state index in [9.17, 15) is 17.6 Å². The quantitative estimate of drug-likeness (QED) is 0.874. The molecule has 0 amide bonds. The lowest BCUT2D eigenvalue weighted by Gasteiger charge is -2.08. The number of carbonyl (C=O) groups is 1. The van der Waals surface area contributed by atoms with Crippen LogP contribution < -0.4 is 4.72 Å². The van der Waals surface area contributed by atoms with Crippen molar-refractivity contribution in [3.05, 3.63) is 59.9 Å². The largest absolute Gasteiger partial charge is 0.298 e. The summed E-state index contributed by atoms with van der Waals surface area (Å²) in [5.41, 5.74) is 0.518. The third kappa shape index (κ3) is 3.17. The molecule has 0 saturated heterocycles. The van der Waals surface area contributed by atoms with Gasteiger partial charge in [0.2, 0.25) is 0 Å². The van der Waals surface area contributed by atoms with Crippen LogP contribution in [0.2, 0.25) is 0 Å². The van der Waals surface area contributed by atoms with E-state index >= 15 is 0 Å². The Kier molecular flexibility index (Phi) is 3.62. The standard InChI is InChI=1S/C13H10FNO3S/c14-11-2-1-3-12(8-11)15-19(17,18)13-6-4-10(9-16)5-7-13/h1-9,15H. The van der Waals surface area contributed by atoms with Gasteiger partial charge in [-0.05, 0) is 30.3 Å². The Balaban J connectivity index is 2.29. The molecular weight excluding hydrogens is 269 g/mol. The van der Waals surface area contributed by atoms with E-state index in [1.807, 2.05) is 0 Å². The van der Waals surface area contributed by atoms with Gasteiger partial charge < -0.3 is 0 Å². The Morgan fingerprint density at radius 3 is 2.32 bits per heavy atom. The highest BCUT2D eigenvalue weighted by molar-refractivity contribution is 7.92. The van der Waals surface area contributed by atoms with E-state index in [-0.39, 0.29) is 10.6 Å². The van der Waals surface area contributed by atoms with Gasteiger partial charge in [0.25, 0.3) is 10.0 Å². The monoisotopic (exact) mass is 279 g/mol. The van der Waals surface area contributed by atoms with Crippen molar-refractivity contribution < 1.29 is 17.6 Å². The molecule has 4 nitrogen and oxygen atoms in total. The van der Waals surface area contributed by atoms with Crippen LogP contribution in [0.4, 0.5) is 10.1 Å². The molecule has 0 aromatic heterocycles. The van der Waals surface area contributed by atoms with Gasteiger partial charge in [0.15, 0.2) is 0 Å². The molecule has 0 unspecified atom stereocenters. The van der Waals surface area contributed by atoms with E-state index in [1.165, 1.54) is 42.5 Å². The lowest BCUT2D eigenvalue weighted by Crippen LogP contribution is -2.13. The first-order chi connectivity index (χ1) is 9.01. The maximum atomic E-state index is 13.0. The van der Waals surface area contributed by atoms with Crippen molar-refractivity contribution in [2.45, 2.75) is 4.90 Å². The maximum Gasteiger partial charge on any atom is 0.261 e. The van der Waals surface area contributed by atoms with Crippen LogP contribution in [-0.4, -0.2) is 14.7 Å². The van der Waals surface area contributed by atoms with Gasteiger partial charge in [-0.3, -0.25) is 9.52 Å². The number of anilines is 1. The van der Waals surface area contributed by atoms with Crippen LogP contribution in [0.25, 0.3) is 0 Å². The first-order valence-electron chi connectivity index (χ1n) is 5.35. The number of rotatable bonds is 4. The lowest BCUT2D eigenvalue weighted by atomic mass is 10.2. The minimum Gasteiger partial charge on any atom is -0.298 e. The fourth-order valence-corrected chi connectivity index (χ4v) is 2.54. The van der Waals surface area contributed by atoms with E-state index < -0.39 is 15.8 Å². The fourth-order valence-electron chi connectivity index (χ4n) is 1.49. The number of halogens is 1. The Labute approximate surface area is 109 Å². The smallest absolute Gasteiger partial charge is 0.261 e. The molecule has 0 spiro atoms. The summed E-state index contributed by atoms with van der Waals surface area (Å²) in [6.07, 6.45) is 0.621. The molecule has 2 rings (SSSR count). The number of hydrogen-bond donors (Lipinski definition) is 1. The van der Waals surface area contributed by atoms with Gasteiger partial charge in [-0.2, -0.15) is 0 Å². The van der Waals surface area contributed by atoms with E-state index in [2.05, 4.69) is 4.72 Å². The van der Waals surface area contributed by atoms with E-state index in [1.54, 1.807) is 0 Å². The molecule has 0 radical (unpaired) electrons. The second-order valence-corrected chi connectivity index (χ2v) is 5.49. The topological polar surface area (TPSA) is 63.2 Å². The molecule has 2 aromatic carbocycles. The predicted molar refractivity (Wildman–Crippen MR) is 69.0 cm³/mol. The van der Waals surface area contributed by atoms with Gasteiger partial charge in [0, 0.05) is 5.56 Å². The molecule has 0 fully saturated rings. The van der Waals surface area contributed by atoms with Crippen LogP contribution in [0, 0.1) is 5.82 Å². The maximum absolute atomic E-state index is 13.0. The summed E-state index contributed by atoms with van der Waals surface area (Å²) in [6, 6.07) is 10.6. The van der Waals surface area contributed by atoms with E-state index in [0.717, 1.165) is 6.07 Å². The molecule has 0 saturated carbocycles. The fraction of sp³-hybridized carbons (Fsp3) is 0. The zero-order valence-electron chi connectivity index (χ0n) is 9.71. The Morgan fingerprint density at radius 2 is 1.74 bits per heavy atom. The van der Waals surface area contributed by atoms with Crippen molar-refractivity contribution in [1.29, 1.82) is 0 Å². The second kappa shape index (κ2) is 5.19. The molecule has 1 N–H and O–H groups in total. The summed E-state index contributed by atoms with van der Waals surface area (Å²) in [4.78, 5) is 10.5. The minimum absolute atomic E-state index is 0.00219. The van der Waals surface area contributed by atoms with Gasteiger partial charge in [-0.1, -0.05) is 18.2 Å². The summed E-state index contributed by atoms with van der Waals surface area (Å²) in [5, 5.41) is 0. The zero-order valence-corrected chi connectivity index (χ0v) is 10.5. The number of sulfonamides is 1. The molecule has 0 aliphatic rings. The first-order valence-corrected chi connectivity index (χ1v) is 6.83. The molecule has 0 aliphatic heterocycles. The molecule has 19 heavy (non-hydrogen) atoms. The van der Waals surface area contributed by atoms with Crippen molar-refractivity contribution in [2.75, 3.05) is 4.72 Å². The SMILES string of the molecule is O=Cc1ccc(S(=O)(=O)Nc2cccc(F)c2)cc1. The Morgan fingerprint density at radius 1 is 1.05 bits per heavy atom. The van der Waals surface area contributed by atoms with Gasteiger partial charge in [0.05, 0.1) is 10.6 Å². The van der Waals surface area contributed by atoms with Gasteiger partial charge >= 0.3 is 0 Å². The van der Waals surface area contributed by atoms with Crippen LogP contribution in [0.3, 0.4) is 0 Å². The molecule has 0 heterocycles. The zero-order chi connectivity index (χ0) is 13.9. The minimum atomic E-state index is -3.79. The van der Waals surface area contributed by atoms with Crippen LogP contribution in [0.1, 0.15) is 10.4 Å². The van der Waals surface area contributed by atoms with Gasteiger partial charge in [-0.15, -0.1) is 0 Å². The van der Waals surface area contributed by atoms with Crippen LogP contribution >= 0.6 is 0 Å². The summed E-state index contributed by atoms with van der Waals surface area (Å²) in [7, 11) is -3.79. The average molecular weight is 279 g/mol. The average Bonchev–Trinajstić information content (AvgIpc) is 2.38. The number of aldehydes is 1. The van der Waals surface area contributed by atoms with Crippen molar-refractivity contribution in [1.82, 2.24) is 0 Å². The highest BCUT2D eigenvalue weighted by atomic mass is 32.2. The number of hydrogen-bond acceptors (Lipinski definition) is 3.